The predicted octanol–water partition coefficient (Wildman–Crippen LogP) is 1.83. The summed E-state index contributed by atoms with van der Waals surface area (Å²) in [6.45, 7) is 1.45. The van der Waals surface area contributed by atoms with Gasteiger partial charge in [0.15, 0.2) is 0 Å². The summed E-state index contributed by atoms with van der Waals surface area (Å²) in [7, 11) is 1.32. The molecule has 3 rings (SSSR count). The van der Waals surface area contributed by atoms with Gasteiger partial charge in [0.05, 0.1) is 12.0 Å². The number of nitrogens with zero attached hydrogens (tertiary/aromatic N) is 3. The fraction of sp³-hybridized carbons (Fsp3) is 0.500. The first-order chi connectivity index (χ1) is 11.7. The van der Waals surface area contributed by atoms with Gasteiger partial charge in [-0.25, -0.2) is 4.79 Å². The monoisotopic (exact) mass is 348 g/mol. The van der Waals surface area contributed by atoms with Crippen LogP contribution in [0, 0.1) is 0 Å². The molecule has 3 heterocycles. The molecule has 2 aromatic heterocycles. The second-order valence-electron chi connectivity index (χ2n) is 5.66. The van der Waals surface area contributed by atoms with Crippen LogP contribution in [-0.2, 0) is 24.1 Å². The van der Waals surface area contributed by atoms with Gasteiger partial charge in [0, 0.05) is 25.9 Å². The minimum atomic E-state index is -0.426. The average molecular weight is 348 g/mol. The maximum absolute atomic E-state index is 12.1. The van der Waals surface area contributed by atoms with Crippen molar-refractivity contribution in [3.05, 3.63) is 33.5 Å². The Morgan fingerprint density at radius 2 is 2.08 bits per heavy atom. The Morgan fingerprint density at radius 3 is 2.92 bits per heavy atom. The SMILES string of the molecule is COC(=O)c1ccc(C(=O)NCCc2nnc3n2CCCCC3)s1. The van der Waals surface area contributed by atoms with Crippen molar-refractivity contribution in [1.82, 2.24) is 20.1 Å². The molecule has 128 valence electrons. The third-order valence-corrected chi connectivity index (χ3v) is 5.10. The van der Waals surface area contributed by atoms with Crippen molar-refractivity contribution in [2.24, 2.45) is 0 Å². The topological polar surface area (TPSA) is 86.1 Å². The number of esters is 1. The molecule has 0 atom stereocenters. The smallest absolute Gasteiger partial charge is 0.348 e. The second kappa shape index (κ2) is 7.57. The van der Waals surface area contributed by atoms with Crippen LogP contribution in [0.1, 0.15) is 50.3 Å². The summed E-state index contributed by atoms with van der Waals surface area (Å²) in [5.74, 6) is 1.36. The van der Waals surface area contributed by atoms with E-state index < -0.39 is 5.97 Å². The zero-order valence-electron chi connectivity index (χ0n) is 13.6. The van der Waals surface area contributed by atoms with Crippen molar-refractivity contribution in [3.8, 4) is 0 Å². The van der Waals surface area contributed by atoms with Crippen molar-refractivity contribution in [1.29, 1.82) is 0 Å². The van der Waals surface area contributed by atoms with Gasteiger partial charge in [-0.1, -0.05) is 6.42 Å². The number of amides is 1. The standard InChI is InChI=1S/C16H20N4O3S/c1-23-16(22)12-7-6-11(24-12)15(21)17-9-8-14-19-18-13-5-3-2-4-10-20(13)14/h6-7H,2-5,8-10H2,1H3,(H,17,21). The number of carbonyl (C=O) groups is 2. The van der Waals surface area contributed by atoms with E-state index in [0.717, 1.165) is 48.8 Å². The van der Waals surface area contributed by atoms with Crippen LogP contribution in [0.5, 0.6) is 0 Å². The summed E-state index contributed by atoms with van der Waals surface area (Å²) >= 11 is 1.13. The largest absolute Gasteiger partial charge is 0.465 e. The summed E-state index contributed by atoms with van der Waals surface area (Å²) in [5, 5.41) is 11.4. The highest BCUT2D eigenvalue weighted by atomic mass is 32.1. The van der Waals surface area contributed by atoms with Gasteiger partial charge < -0.3 is 14.6 Å². The Balaban J connectivity index is 1.55. The number of hydrogen-bond donors (Lipinski definition) is 1. The third-order valence-electron chi connectivity index (χ3n) is 4.04. The van der Waals surface area contributed by atoms with E-state index in [-0.39, 0.29) is 5.91 Å². The zero-order valence-corrected chi connectivity index (χ0v) is 14.4. The number of hydrogen-bond acceptors (Lipinski definition) is 6. The first-order valence-electron chi connectivity index (χ1n) is 8.06. The highest BCUT2D eigenvalue weighted by Crippen LogP contribution is 2.17. The van der Waals surface area contributed by atoms with E-state index in [9.17, 15) is 9.59 Å². The van der Waals surface area contributed by atoms with Crippen LogP contribution in [0.15, 0.2) is 12.1 Å². The quantitative estimate of drug-likeness (QED) is 0.833. The van der Waals surface area contributed by atoms with Gasteiger partial charge in [-0.05, 0) is 25.0 Å². The number of carbonyl (C=O) groups excluding carboxylic acids is 2. The highest BCUT2D eigenvalue weighted by molar-refractivity contribution is 7.15. The molecule has 0 aromatic carbocycles. The molecule has 1 N–H and O–H groups in total. The maximum Gasteiger partial charge on any atom is 0.348 e. The Kier molecular flexibility index (Phi) is 5.24. The van der Waals surface area contributed by atoms with Gasteiger partial charge in [-0.15, -0.1) is 21.5 Å². The Labute approximate surface area is 144 Å². The molecule has 1 amide bonds. The second-order valence-corrected chi connectivity index (χ2v) is 6.74. The first-order valence-corrected chi connectivity index (χ1v) is 8.88. The molecular weight excluding hydrogens is 328 g/mol. The lowest BCUT2D eigenvalue weighted by atomic mass is 10.2. The fourth-order valence-electron chi connectivity index (χ4n) is 2.78. The summed E-state index contributed by atoms with van der Waals surface area (Å²) in [4.78, 5) is 24.5. The zero-order chi connectivity index (χ0) is 16.9. The summed E-state index contributed by atoms with van der Waals surface area (Å²) in [6, 6.07) is 3.24. The molecule has 0 radical (unpaired) electrons. The van der Waals surface area contributed by atoms with E-state index in [1.54, 1.807) is 12.1 Å². The van der Waals surface area contributed by atoms with Crippen molar-refractivity contribution in [3.63, 3.8) is 0 Å². The van der Waals surface area contributed by atoms with Gasteiger partial charge >= 0.3 is 5.97 Å². The number of thiophene rings is 1. The number of aryl methyl sites for hydroxylation is 1. The van der Waals surface area contributed by atoms with Gasteiger partial charge in [-0.3, -0.25) is 4.79 Å². The fourth-order valence-corrected chi connectivity index (χ4v) is 3.62. The molecule has 0 spiro atoms. The van der Waals surface area contributed by atoms with Crippen LogP contribution in [0.25, 0.3) is 0 Å². The number of nitrogens with one attached hydrogen (secondary N) is 1. The molecule has 0 fully saturated rings. The number of methoxy groups -OCH3 is 1. The number of aromatic nitrogens is 3. The molecule has 7 nitrogen and oxygen atoms in total. The molecule has 1 aliphatic rings. The van der Waals surface area contributed by atoms with Crippen molar-refractivity contribution < 1.29 is 14.3 Å². The lowest BCUT2D eigenvalue weighted by Gasteiger charge is -2.07. The van der Waals surface area contributed by atoms with Gasteiger partial charge in [0.25, 0.3) is 5.91 Å². The van der Waals surface area contributed by atoms with Crippen molar-refractivity contribution in [2.75, 3.05) is 13.7 Å². The van der Waals surface area contributed by atoms with Gasteiger partial charge in [-0.2, -0.15) is 0 Å². The van der Waals surface area contributed by atoms with Crippen LogP contribution >= 0.6 is 11.3 Å². The molecule has 0 saturated heterocycles. The Morgan fingerprint density at radius 1 is 1.25 bits per heavy atom. The minimum Gasteiger partial charge on any atom is -0.465 e. The Hall–Kier alpha value is -2.22. The van der Waals surface area contributed by atoms with Crippen LogP contribution in [0.2, 0.25) is 0 Å². The first kappa shape index (κ1) is 16.6. The van der Waals surface area contributed by atoms with Crippen LogP contribution < -0.4 is 5.32 Å². The molecule has 24 heavy (non-hydrogen) atoms. The molecule has 0 saturated carbocycles. The van der Waals surface area contributed by atoms with E-state index in [0.29, 0.717) is 22.7 Å². The molecule has 0 bridgehead atoms. The predicted molar refractivity (Wildman–Crippen MR) is 89.3 cm³/mol. The van der Waals surface area contributed by atoms with Crippen LogP contribution in [0.3, 0.4) is 0 Å². The van der Waals surface area contributed by atoms with Gasteiger partial charge in [0.1, 0.15) is 16.5 Å². The van der Waals surface area contributed by atoms with Crippen LogP contribution in [-0.4, -0.2) is 40.3 Å². The number of rotatable bonds is 5. The molecule has 2 aromatic rings. The minimum absolute atomic E-state index is 0.189. The maximum atomic E-state index is 12.1. The van der Waals surface area contributed by atoms with Crippen molar-refractivity contribution in [2.45, 2.75) is 38.6 Å². The van der Waals surface area contributed by atoms with E-state index in [1.807, 2.05) is 0 Å². The third kappa shape index (κ3) is 3.64. The van der Waals surface area contributed by atoms with Crippen LogP contribution in [0.4, 0.5) is 0 Å². The average Bonchev–Trinajstić information content (AvgIpc) is 3.16. The molecule has 0 unspecified atom stereocenters. The Bertz CT molecular complexity index is 738. The summed E-state index contributed by atoms with van der Waals surface area (Å²) in [5.41, 5.74) is 0. The lowest BCUT2D eigenvalue weighted by molar-refractivity contribution is 0.0606. The highest BCUT2D eigenvalue weighted by Gasteiger charge is 2.16. The van der Waals surface area contributed by atoms with Gasteiger partial charge in [0.2, 0.25) is 0 Å². The normalized spacial score (nSPS) is 13.9. The molecule has 8 heteroatoms. The summed E-state index contributed by atoms with van der Waals surface area (Å²) < 4.78 is 6.82. The lowest BCUT2D eigenvalue weighted by Crippen LogP contribution is -2.25. The molecule has 0 aliphatic carbocycles. The van der Waals surface area contributed by atoms with E-state index in [1.165, 1.54) is 13.5 Å². The summed E-state index contributed by atoms with van der Waals surface area (Å²) in [6.07, 6.45) is 5.16. The number of fused-ring (bicyclic) bond motifs is 1. The van der Waals surface area contributed by atoms with E-state index in [4.69, 9.17) is 0 Å². The van der Waals surface area contributed by atoms with Crippen molar-refractivity contribution >= 4 is 23.2 Å². The molecule has 1 aliphatic heterocycles. The van der Waals surface area contributed by atoms with E-state index in [2.05, 4.69) is 24.8 Å². The molecular formula is C16H20N4O3S. The van der Waals surface area contributed by atoms with E-state index >= 15 is 0 Å². The number of ether oxygens (including phenoxy) is 1.